The third kappa shape index (κ3) is 4.15. The quantitative estimate of drug-likeness (QED) is 0.443. The molecule has 0 bridgehead atoms. The average Bonchev–Trinajstić information content (AvgIpc) is 3.33. The summed E-state index contributed by atoms with van der Waals surface area (Å²) in [6.07, 6.45) is 7.60. The van der Waals surface area contributed by atoms with Crippen LogP contribution in [0, 0.1) is 11.3 Å². The number of rotatable bonds is 7. The predicted molar refractivity (Wildman–Crippen MR) is 118 cm³/mol. The first-order chi connectivity index (χ1) is 14.7. The second kappa shape index (κ2) is 9.24. The molecule has 0 spiro atoms. The van der Waals surface area contributed by atoms with Crippen LogP contribution in [0.5, 0.6) is 0 Å². The molecule has 1 N–H and O–H groups in total. The number of carbonyl (C=O) groups excluding carboxylic acids is 1. The van der Waals surface area contributed by atoms with Crippen LogP contribution in [0.3, 0.4) is 0 Å². The zero-order chi connectivity index (χ0) is 20.9. The molecule has 0 saturated carbocycles. The molecule has 1 aliphatic rings. The van der Waals surface area contributed by atoms with E-state index >= 15 is 0 Å². The first-order valence-electron chi connectivity index (χ1n) is 9.64. The molecule has 1 amide bonds. The number of nitrogens with one attached hydrogen (secondary N) is 1. The minimum absolute atomic E-state index is 0.164. The van der Waals surface area contributed by atoms with Crippen molar-refractivity contribution in [1.82, 2.24) is 19.7 Å². The highest BCUT2D eigenvalue weighted by atomic mass is 32.2. The maximum absolute atomic E-state index is 12.6. The smallest absolute Gasteiger partial charge is 0.235 e. The molecule has 30 heavy (non-hydrogen) atoms. The Kier molecular flexibility index (Phi) is 6.26. The van der Waals surface area contributed by atoms with Gasteiger partial charge < -0.3 is 5.32 Å². The van der Waals surface area contributed by atoms with Crippen LogP contribution in [-0.2, 0) is 24.2 Å². The van der Waals surface area contributed by atoms with Gasteiger partial charge in [0, 0.05) is 17.6 Å². The van der Waals surface area contributed by atoms with E-state index in [4.69, 9.17) is 0 Å². The Morgan fingerprint density at radius 3 is 3.00 bits per heavy atom. The Hall–Kier alpha value is -2.96. The normalized spacial score (nSPS) is 12.8. The number of thiophene rings is 1. The molecule has 0 aliphatic heterocycles. The van der Waals surface area contributed by atoms with Gasteiger partial charge >= 0.3 is 0 Å². The second-order valence-corrected chi connectivity index (χ2v) is 8.83. The highest BCUT2D eigenvalue weighted by molar-refractivity contribution is 7.99. The molecule has 0 saturated heterocycles. The fourth-order valence-electron chi connectivity index (χ4n) is 3.44. The Bertz CT molecular complexity index is 1110. The van der Waals surface area contributed by atoms with E-state index in [0.717, 1.165) is 31.2 Å². The van der Waals surface area contributed by atoms with E-state index in [2.05, 4.69) is 33.1 Å². The standard InChI is InChI=1S/C21H20N6OS2/c1-2-11-27-19(16-8-5-6-10-23-16)25-26-21(27)29-13-18(28)24-20-15(12-22)14-7-3-4-9-17(14)30-20/h2,5-6,8,10H,1,3-4,7,9,11,13H2,(H,24,28). The number of carbonyl (C=O) groups is 1. The summed E-state index contributed by atoms with van der Waals surface area (Å²) >= 11 is 2.83. The van der Waals surface area contributed by atoms with Crippen LogP contribution in [-0.4, -0.2) is 31.4 Å². The highest BCUT2D eigenvalue weighted by Gasteiger charge is 2.22. The zero-order valence-corrected chi connectivity index (χ0v) is 17.9. The molecular formula is C21H20N6OS2. The summed E-state index contributed by atoms with van der Waals surface area (Å²) in [7, 11) is 0. The van der Waals surface area contributed by atoms with Crippen molar-refractivity contribution in [3.8, 4) is 17.6 Å². The number of amides is 1. The topological polar surface area (TPSA) is 96.5 Å². The van der Waals surface area contributed by atoms with E-state index in [1.54, 1.807) is 12.3 Å². The molecular weight excluding hydrogens is 416 g/mol. The van der Waals surface area contributed by atoms with E-state index in [9.17, 15) is 10.1 Å². The summed E-state index contributed by atoms with van der Waals surface area (Å²) in [4.78, 5) is 18.1. The molecule has 0 radical (unpaired) electrons. The number of fused-ring (bicyclic) bond motifs is 1. The van der Waals surface area contributed by atoms with Crippen molar-refractivity contribution in [3.63, 3.8) is 0 Å². The molecule has 3 aromatic heterocycles. The minimum atomic E-state index is -0.164. The molecule has 3 aromatic rings. The van der Waals surface area contributed by atoms with Crippen LogP contribution in [0.15, 0.2) is 42.2 Å². The first-order valence-corrected chi connectivity index (χ1v) is 11.4. The zero-order valence-electron chi connectivity index (χ0n) is 16.3. The average molecular weight is 437 g/mol. The number of aryl methyl sites for hydroxylation is 1. The highest BCUT2D eigenvalue weighted by Crippen LogP contribution is 2.37. The van der Waals surface area contributed by atoms with E-state index in [0.29, 0.717) is 33.8 Å². The van der Waals surface area contributed by atoms with Gasteiger partial charge in [-0.2, -0.15) is 5.26 Å². The van der Waals surface area contributed by atoms with Gasteiger partial charge in [-0.15, -0.1) is 28.1 Å². The van der Waals surface area contributed by atoms with Crippen LogP contribution >= 0.6 is 23.1 Å². The van der Waals surface area contributed by atoms with Gasteiger partial charge in [0.05, 0.1) is 11.3 Å². The van der Waals surface area contributed by atoms with E-state index in [-0.39, 0.29) is 11.7 Å². The second-order valence-electron chi connectivity index (χ2n) is 6.78. The van der Waals surface area contributed by atoms with Gasteiger partial charge in [-0.05, 0) is 43.4 Å². The molecule has 0 aromatic carbocycles. The van der Waals surface area contributed by atoms with E-state index in [1.165, 1.54) is 28.0 Å². The lowest BCUT2D eigenvalue weighted by Crippen LogP contribution is -2.14. The van der Waals surface area contributed by atoms with Crippen molar-refractivity contribution in [2.75, 3.05) is 11.1 Å². The maximum atomic E-state index is 12.6. The first kappa shape index (κ1) is 20.3. The fraction of sp³-hybridized carbons (Fsp3) is 0.286. The van der Waals surface area contributed by atoms with Crippen molar-refractivity contribution in [3.05, 3.63) is 53.1 Å². The molecule has 1 aliphatic carbocycles. The molecule has 4 rings (SSSR count). The van der Waals surface area contributed by atoms with Crippen LogP contribution in [0.4, 0.5) is 5.00 Å². The van der Waals surface area contributed by atoms with Crippen molar-refractivity contribution in [2.45, 2.75) is 37.4 Å². The molecule has 0 unspecified atom stereocenters. The summed E-state index contributed by atoms with van der Waals surface area (Å²) in [6.45, 7) is 4.31. The van der Waals surface area contributed by atoms with Gasteiger partial charge in [-0.25, -0.2) is 0 Å². The SMILES string of the molecule is C=CCn1c(SCC(=O)Nc2sc3c(c2C#N)CCCC3)nnc1-c1ccccn1. The molecule has 7 nitrogen and oxygen atoms in total. The lowest BCUT2D eigenvalue weighted by molar-refractivity contribution is -0.113. The van der Waals surface area contributed by atoms with Crippen LogP contribution < -0.4 is 5.32 Å². The maximum Gasteiger partial charge on any atom is 0.235 e. The summed E-state index contributed by atoms with van der Waals surface area (Å²) in [5.41, 5.74) is 2.45. The largest absolute Gasteiger partial charge is 0.316 e. The third-order valence-electron chi connectivity index (χ3n) is 4.79. The van der Waals surface area contributed by atoms with Crippen molar-refractivity contribution in [2.24, 2.45) is 0 Å². The molecule has 0 fully saturated rings. The monoisotopic (exact) mass is 436 g/mol. The number of thioether (sulfide) groups is 1. The van der Waals surface area contributed by atoms with Gasteiger partial charge in [-0.1, -0.05) is 23.9 Å². The van der Waals surface area contributed by atoms with Gasteiger partial charge in [-0.3, -0.25) is 14.3 Å². The molecule has 3 heterocycles. The van der Waals surface area contributed by atoms with Crippen molar-refractivity contribution >= 4 is 34.0 Å². The van der Waals surface area contributed by atoms with Crippen LogP contribution in [0.2, 0.25) is 0 Å². The summed E-state index contributed by atoms with van der Waals surface area (Å²) in [5.74, 6) is 0.643. The Labute approximate surface area is 182 Å². The lowest BCUT2D eigenvalue weighted by Gasteiger charge is -2.09. The van der Waals surface area contributed by atoms with Crippen molar-refractivity contribution < 1.29 is 4.79 Å². The predicted octanol–water partition coefficient (Wildman–Crippen LogP) is 4.07. The number of nitrogens with zero attached hydrogens (tertiary/aromatic N) is 5. The number of aromatic nitrogens is 4. The third-order valence-corrected chi connectivity index (χ3v) is 6.96. The van der Waals surface area contributed by atoms with Gasteiger partial charge in [0.1, 0.15) is 16.8 Å². The minimum Gasteiger partial charge on any atom is -0.316 e. The van der Waals surface area contributed by atoms with Gasteiger partial charge in [0.2, 0.25) is 5.91 Å². The van der Waals surface area contributed by atoms with E-state index < -0.39 is 0 Å². The summed E-state index contributed by atoms with van der Waals surface area (Å²) < 4.78 is 1.89. The lowest BCUT2D eigenvalue weighted by atomic mass is 9.96. The van der Waals surface area contributed by atoms with Crippen LogP contribution in [0.25, 0.3) is 11.5 Å². The van der Waals surface area contributed by atoms with E-state index in [1.807, 2.05) is 22.8 Å². The summed E-state index contributed by atoms with van der Waals surface area (Å²) in [6, 6.07) is 7.88. The number of hydrogen-bond donors (Lipinski definition) is 1. The number of hydrogen-bond acceptors (Lipinski definition) is 7. The Morgan fingerprint density at radius 1 is 1.37 bits per heavy atom. The van der Waals surface area contributed by atoms with Gasteiger partial charge in [0.25, 0.3) is 0 Å². The molecule has 0 atom stereocenters. The van der Waals surface area contributed by atoms with Crippen LogP contribution in [0.1, 0.15) is 28.8 Å². The molecule has 9 heteroatoms. The van der Waals surface area contributed by atoms with Gasteiger partial charge in [0.15, 0.2) is 11.0 Å². The number of anilines is 1. The summed E-state index contributed by atoms with van der Waals surface area (Å²) in [5, 5.41) is 22.2. The number of nitriles is 1. The number of allylic oxidation sites excluding steroid dienone is 1. The van der Waals surface area contributed by atoms with Crippen molar-refractivity contribution in [1.29, 1.82) is 5.26 Å². The number of pyridine rings is 1. The Morgan fingerprint density at radius 2 is 2.23 bits per heavy atom. The molecule has 152 valence electrons. The fourth-order valence-corrected chi connectivity index (χ4v) is 5.44. The Balaban J connectivity index is 1.47.